The first-order valence-corrected chi connectivity index (χ1v) is 15.3. The zero-order valence-electron chi connectivity index (χ0n) is 22.2. The molecule has 0 aliphatic rings. The lowest BCUT2D eigenvalue weighted by Crippen LogP contribution is -2.61. The minimum Gasteiger partial charge on any atom is -0.494 e. The summed E-state index contributed by atoms with van der Waals surface area (Å²) in [6.07, 6.45) is 1.41. The molecule has 0 aliphatic carbocycles. The van der Waals surface area contributed by atoms with Crippen LogP contribution >= 0.6 is 0 Å². The molecule has 0 bridgehead atoms. The minimum atomic E-state index is -1.88. The maximum Gasteiger partial charge on any atom is 0.343 e. The van der Waals surface area contributed by atoms with Crippen LogP contribution in [0.5, 0.6) is 5.75 Å². The van der Waals surface area contributed by atoms with E-state index in [2.05, 4.69) is 39.2 Å². The summed E-state index contributed by atoms with van der Waals surface area (Å²) in [5, 5.41) is 2.86. The van der Waals surface area contributed by atoms with Crippen LogP contribution in [0.2, 0.25) is 24.2 Å². The highest BCUT2D eigenvalue weighted by atomic mass is 28.3. The number of carbonyl (C=O) groups is 3. The zero-order valence-corrected chi connectivity index (χ0v) is 23.2. The summed E-state index contributed by atoms with van der Waals surface area (Å²) >= 11 is 0. The molecule has 0 unspecified atom stereocenters. The number of ether oxygens (including phenoxy) is 3. The van der Waals surface area contributed by atoms with E-state index in [4.69, 9.17) is 14.2 Å². The number of benzene rings is 1. The van der Waals surface area contributed by atoms with Crippen molar-refractivity contribution in [1.82, 2.24) is 5.32 Å². The van der Waals surface area contributed by atoms with Gasteiger partial charge in [-0.2, -0.15) is 0 Å². The Morgan fingerprint density at radius 2 is 1.47 bits per heavy atom. The predicted octanol–water partition coefficient (Wildman–Crippen LogP) is 4.90. The molecule has 1 N–H and O–H groups in total. The number of carbonyl (C=O) groups excluding carboxylic acids is 3. The van der Waals surface area contributed by atoms with Crippen LogP contribution in [-0.4, -0.2) is 51.3 Å². The summed E-state index contributed by atoms with van der Waals surface area (Å²) in [6.45, 7) is 17.2. The summed E-state index contributed by atoms with van der Waals surface area (Å²) in [5.41, 5.74) is -0.978. The molecule has 1 aromatic rings. The lowest BCUT2D eigenvalue weighted by Gasteiger charge is -2.37. The van der Waals surface area contributed by atoms with E-state index >= 15 is 0 Å². The van der Waals surface area contributed by atoms with Crippen LogP contribution in [0.15, 0.2) is 24.3 Å². The van der Waals surface area contributed by atoms with Crippen molar-refractivity contribution in [3.05, 3.63) is 29.8 Å². The van der Waals surface area contributed by atoms with Crippen molar-refractivity contribution < 1.29 is 28.6 Å². The van der Waals surface area contributed by atoms with E-state index < -0.39 is 31.5 Å². The third kappa shape index (κ3) is 8.45. The van der Waals surface area contributed by atoms with Crippen LogP contribution in [0.1, 0.15) is 59.9 Å². The van der Waals surface area contributed by atoms with Crippen LogP contribution < -0.4 is 10.1 Å². The second-order valence-corrected chi connectivity index (χ2v) is 16.0. The topological polar surface area (TPSA) is 90.9 Å². The molecule has 0 radical (unpaired) electrons. The van der Waals surface area contributed by atoms with Crippen molar-refractivity contribution in [3.8, 4) is 5.75 Å². The Kier molecular flexibility index (Phi) is 11.3. The molecular formula is C26H43NO6Si. The van der Waals surface area contributed by atoms with Crippen LogP contribution in [0, 0.1) is 0 Å². The van der Waals surface area contributed by atoms with Gasteiger partial charge in [0.05, 0.1) is 27.9 Å². The number of nitrogens with one attached hydrogen (secondary N) is 1. The van der Waals surface area contributed by atoms with E-state index in [0.717, 1.165) is 17.7 Å². The Balaban J connectivity index is 2.82. The van der Waals surface area contributed by atoms with Gasteiger partial charge in [0.1, 0.15) is 5.75 Å². The van der Waals surface area contributed by atoms with E-state index in [0.29, 0.717) is 18.1 Å². The summed E-state index contributed by atoms with van der Waals surface area (Å²) in [4.78, 5) is 37.3. The van der Waals surface area contributed by atoms with Gasteiger partial charge in [-0.15, -0.1) is 0 Å². The molecule has 34 heavy (non-hydrogen) atoms. The maximum atomic E-state index is 12.7. The number of esters is 2. The molecule has 192 valence electrons. The number of aryl methyl sites for hydroxylation is 1. The van der Waals surface area contributed by atoms with Crippen LogP contribution in [-0.2, 0) is 30.3 Å². The molecule has 1 aromatic carbocycles. The van der Waals surface area contributed by atoms with Crippen molar-refractivity contribution in [1.29, 1.82) is 0 Å². The second-order valence-electron chi connectivity index (χ2n) is 10.3. The number of hydrogen-bond acceptors (Lipinski definition) is 6. The fraction of sp³-hybridized carbons (Fsp3) is 0.654. The van der Waals surface area contributed by atoms with Gasteiger partial charge in [0.25, 0.3) is 0 Å². The number of rotatable bonds is 13. The highest BCUT2D eigenvalue weighted by Crippen LogP contribution is 2.39. The Labute approximate surface area is 205 Å². The highest BCUT2D eigenvalue weighted by Gasteiger charge is 2.49. The van der Waals surface area contributed by atoms with Gasteiger partial charge < -0.3 is 19.5 Å². The van der Waals surface area contributed by atoms with Gasteiger partial charge in [0.15, 0.2) is 0 Å². The first-order valence-electron chi connectivity index (χ1n) is 12.1. The summed E-state index contributed by atoms with van der Waals surface area (Å²) < 4.78 is 16.1. The summed E-state index contributed by atoms with van der Waals surface area (Å²) in [6, 6.07) is 8.78. The van der Waals surface area contributed by atoms with Gasteiger partial charge in [0, 0.05) is 6.92 Å². The Hall–Kier alpha value is -2.35. The molecule has 0 fully saturated rings. The lowest BCUT2D eigenvalue weighted by molar-refractivity contribution is -0.168. The van der Waals surface area contributed by atoms with Gasteiger partial charge in [-0.05, 0) is 55.8 Å². The van der Waals surface area contributed by atoms with Crippen LogP contribution in [0.25, 0.3) is 0 Å². The van der Waals surface area contributed by atoms with Crippen molar-refractivity contribution >= 4 is 25.9 Å². The van der Waals surface area contributed by atoms with Crippen molar-refractivity contribution in [3.63, 3.8) is 0 Å². The number of hydrogen-bond donors (Lipinski definition) is 1. The molecule has 0 saturated carbocycles. The molecule has 7 nitrogen and oxygen atoms in total. The van der Waals surface area contributed by atoms with Gasteiger partial charge in [-0.1, -0.05) is 52.0 Å². The molecule has 0 aromatic heterocycles. The van der Waals surface area contributed by atoms with E-state index in [-0.39, 0.29) is 19.6 Å². The molecule has 1 amide bonds. The molecule has 0 atom stereocenters. The minimum absolute atomic E-state index is 0.0248. The maximum absolute atomic E-state index is 12.7. The molecule has 0 heterocycles. The second kappa shape index (κ2) is 12.9. The van der Waals surface area contributed by atoms with Crippen LogP contribution in [0.4, 0.5) is 0 Å². The fourth-order valence-electron chi connectivity index (χ4n) is 3.42. The van der Waals surface area contributed by atoms with Crippen molar-refractivity contribution in [2.24, 2.45) is 0 Å². The lowest BCUT2D eigenvalue weighted by atomic mass is 9.90. The average molecular weight is 494 g/mol. The molecule has 0 saturated heterocycles. The monoisotopic (exact) mass is 493 g/mol. The Morgan fingerprint density at radius 1 is 0.941 bits per heavy atom. The molecule has 1 rings (SSSR count). The van der Waals surface area contributed by atoms with E-state index in [1.54, 1.807) is 13.8 Å². The number of amides is 1. The largest absolute Gasteiger partial charge is 0.494 e. The fourth-order valence-corrected chi connectivity index (χ4v) is 5.20. The smallest absolute Gasteiger partial charge is 0.343 e. The van der Waals surface area contributed by atoms with E-state index in [1.165, 1.54) is 13.0 Å². The SMILES string of the molecule is CCOC(=O)C(CCc1ccc(OCCC[Si](C)(C)C(C)(C)C)cc1)(NC(C)=O)C(=O)OCC. The van der Waals surface area contributed by atoms with E-state index in [9.17, 15) is 14.4 Å². The summed E-state index contributed by atoms with van der Waals surface area (Å²) in [5.74, 6) is -1.36. The van der Waals surface area contributed by atoms with Gasteiger partial charge >= 0.3 is 11.9 Å². The molecule has 0 aliphatic heterocycles. The van der Waals surface area contributed by atoms with E-state index in [1.807, 2.05) is 24.3 Å². The van der Waals surface area contributed by atoms with Gasteiger partial charge in [0.2, 0.25) is 11.4 Å². The van der Waals surface area contributed by atoms with Crippen molar-refractivity contribution in [2.75, 3.05) is 19.8 Å². The zero-order chi connectivity index (χ0) is 26.0. The first kappa shape index (κ1) is 29.7. The van der Waals surface area contributed by atoms with Crippen LogP contribution in [0.3, 0.4) is 0 Å². The standard InChI is InChI=1S/C26H43NO6Si/c1-9-31-23(29)26(27-20(3)28,24(30)32-10-2)17-16-21-12-14-22(15-13-21)33-18-11-19-34(7,8)25(4,5)6/h12-15H,9-11,16-19H2,1-8H3,(H,27,28). The quantitative estimate of drug-likeness (QED) is 0.182. The van der Waals surface area contributed by atoms with Crippen molar-refractivity contribution in [2.45, 2.75) is 90.5 Å². The van der Waals surface area contributed by atoms with Gasteiger partial charge in [-0.3, -0.25) is 4.79 Å². The first-order chi connectivity index (χ1) is 15.8. The third-order valence-electron chi connectivity index (χ3n) is 6.59. The summed E-state index contributed by atoms with van der Waals surface area (Å²) in [7, 11) is -1.31. The predicted molar refractivity (Wildman–Crippen MR) is 137 cm³/mol. The Bertz CT molecular complexity index is 796. The molecular weight excluding hydrogens is 450 g/mol. The molecule has 0 spiro atoms. The normalized spacial score (nSPS) is 12.1. The average Bonchev–Trinajstić information content (AvgIpc) is 2.74. The van der Waals surface area contributed by atoms with Gasteiger partial charge in [-0.25, -0.2) is 9.59 Å². The Morgan fingerprint density at radius 3 is 1.91 bits per heavy atom. The molecule has 8 heteroatoms. The highest BCUT2D eigenvalue weighted by molar-refractivity contribution is 6.80. The third-order valence-corrected chi connectivity index (χ3v) is 12.3.